The third kappa shape index (κ3) is 4.52. The summed E-state index contributed by atoms with van der Waals surface area (Å²) in [6, 6.07) is 5.54. The molecule has 29 heavy (non-hydrogen) atoms. The van der Waals surface area contributed by atoms with Crippen LogP contribution in [0.1, 0.15) is 46.1 Å². The highest BCUT2D eigenvalue weighted by molar-refractivity contribution is 5.95. The van der Waals surface area contributed by atoms with E-state index in [1.54, 1.807) is 6.20 Å². The van der Waals surface area contributed by atoms with Gasteiger partial charge >= 0.3 is 0 Å². The second kappa shape index (κ2) is 8.14. The van der Waals surface area contributed by atoms with E-state index in [4.69, 9.17) is 0 Å². The summed E-state index contributed by atoms with van der Waals surface area (Å²) in [5.74, 6) is -1.31. The molecule has 1 unspecified atom stereocenters. The zero-order valence-electron chi connectivity index (χ0n) is 16.1. The van der Waals surface area contributed by atoms with E-state index in [-0.39, 0.29) is 29.6 Å². The standard InChI is InChI=1S/C21H23F2N5O/c1-12-4-5-24-18(8-12)19(13-2-3-13)28-20(29)15-9-14(16(22)10-17(15)23)11-27-21-25-6-7-26-21/h4-5,8-10,13,19H,2-3,6-7,11H2,1H3,(H,28,29)(H2,25,26,27). The maximum absolute atomic E-state index is 14.4. The van der Waals surface area contributed by atoms with E-state index in [1.165, 1.54) is 6.07 Å². The number of pyridine rings is 1. The fourth-order valence-electron chi connectivity index (χ4n) is 3.41. The number of aliphatic imine (C=N–C) groups is 1. The number of nitrogens with zero attached hydrogens (tertiary/aromatic N) is 2. The Labute approximate surface area is 167 Å². The van der Waals surface area contributed by atoms with Gasteiger partial charge in [0.15, 0.2) is 5.96 Å². The van der Waals surface area contributed by atoms with Gasteiger partial charge in [0, 0.05) is 30.9 Å². The molecule has 1 amide bonds. The number of aromatic nitrogens is 1. The number of benzene rings is 1. The number of amides is 1. The third-order valence-electron chi connectivity index (χ3n) is 5.14. The Balaban J connectivity index is 1.53. The Kier molecular flexibility index (Phi) is 5.42. The Morgan fingerprint density at radius 2 is 2.10 bits per heavy atom. The van der Waals surface area contributed by atoms with Crippen LogP contribution in [0.3, 0.4) is 0 Å². The van der Waals surface area contributed by atoms with Crippen molar-refractivity contribution in [3.8, 4) is 0 Å². The molecule has 1 atom stereocenters. The number of halogens is 2. The van der Waals surface area contributed by atoms with Crippen LogP contribution in [0.5, 0.6) is 0 Å². The Morgan fingerprint density at radius 3 is 2.79 bits per heavy atom. The summed E-state index contributed by atoms with van der Waals surface area (Å²) >= 11 is 0. The largest absolute Gasteiger partial charge is 0.355 e. The van der Waals surface area contributed by atoms with E-state index in [1.807, 2.05) is 19.1 Å². The Bertz CT molecular complexity index is 958. The minimum Gasteiger partial charge on any atom is -0.355 e. The molecule has 2 aliphatic rings. The van der Waals surface area contributed by atoms with Crippen LogP contribution in [0.25, 0.3) is 0 Å². The van der Waals surface area contributed by atoms with Crippen molar-refractivity contribution in [3.05, 3.63) is 64.5 Å². The van der Waals surface area contributed by atoms with E-state index in [0.29, 0.717) is 12.5 Å². The molecule has 2 aromatic rings. The van der Waals surface area contributed by atoms with Crippen molar-refractivity contribution >= 4 is 11.9 Å². The first-order chi connectivity index (χ1) is 14.0. The van der Waals surface area contributed by atoms with Gasteiger partial charge in [-0.2, -0.15) is 0 Å². The molecule has 0 bridgehead atoms. The van der Waals surface area contributed by atoms with Crippen LogP contribution in [0.4, 0.5) is 8.78 Å². The molecule has 3 N–H and O–H groups in total. The second-order valence-electron chi connectivity index (χ2n) is 7.48. The van der Waals surface area contributed by atoms with Gasteiger partial charge in [-0.05, 0) is 49.4 Å². The quantitative estimate of drug-likeness (QED) is 0.698. The molecule has 0 saturated heterocycles. The maximum atomic E-state index is 14.4. The van der Waals surface area contributed by atoms with Gasteiger partial charge in [0.2, 0.25) is 0 Å². The van der Waals surface area contributed by atoms with Crippen molar-refractivity contribution in [3.63, 3.8) is 0 Å². The number of carbonyl (C=O) groups excluding carboxylic acids is 1. The van der Waals surface area contributed by atoms with Crippen LogP contribution < -0.4 is 16.0 Å². The summed E-state index contributed by atoms with van der Waals surface area (Å²) in [6.45, 7) is 3.43. The molecule has 8 heteroatoms. The minimum atomic E-state index is -0.883. The average Bonchev–Trinajstić information content (AvgIpc) is 3.40. The smallest absolute Gasteiger partial charge is 0.254 e. The van der Waals surface area contributed by atoms with Crippen molar-refractivity contribution in [2.24, 2.45) is 10.9 Å². The first-order valence-electron chi connectivity index (χ1n) is 9.75. The van der Waals surface area contributed by atoms with E-state index in [0.717, 1.165) is 36.7 Å². The summed E-state index contributed by atoms with van der Waals surface area (Å²) in [6.07, 6.45) is 3.67. The zero-order valence-corrected chi connectivity index (χ0v) is 16.1. The molecule has 4 rings (SSSR count). The highest BCUT2D eigenvalue weighted by Gasteiger charge is 2.35. The molecule has 1 aromatic heterocycles. The number of guanidine groups is 1. The normalized spacial score (nSPS) is 16.7. The molecule has 1 aromatic carbocycles. The monoisotopic (exact) mass is 399 g/mol. The van der Waals surface area contributed by atoms with Crippen molar-refractivity contribution in [1.29, 1.82) is 0 Å². The van der Waals surface area contributed by atoms with Crippen LogP contribution >= 0.6 is 0 Å². The Morgan fingerprint density at radius 1 is 1.28 bits per heavy atom. The summed E-state index contributed by atoms with van der Waals surface area (Å²) in [7, 11) is 0. The van der Waals surface area contributed by atoms with Crippen LogP contribution in [0.2, 0.25) is 0 Å². The lowest BCUT2D eigenvalue weighted by Gasteiger charge is -2.19. The lowest BCUT2D eigenvalue weighted by atomic mass is 10.0. The summed E-state index contributed by atoms with van der Waals surface area (Å²) in [5, 5.41) is 8.88. The molecular formula is C21H23F2N5O. The molecule has 1 aliphatic carbocycles. The van der Waals surface area contributed by atoms with Gasteiger partial charge in [-0.15, -0.1) is 0 Å². The van der Waals surface area contributed by atoms with Crippen LogP contribution in [0.15, 0.2) is 35.5 Å². The first kappa shape index (κ1) is 19.3. The molecule has 0 radical (unpaired) electrons. The van der Waals surface area contributed by atoms with Gasteiger partial charge in [0.05, 0.1) is 23.8 Å². The lowest BCUT2D eigenvalue weighted by molar-refractivity contribution is 0.0926. The highest BCUT2D eigenvalue weighted by atomic mass is 19.1. The molecule has 1 saturated carbocycles. The number of rotatable bonds is 6. The van der Waals surface area contributed by atoms with Gasteiger partial charge in [-0.3, -0.25) is 14.8 Å². The molecule has 0 spiro atoms. The zero-order chi connectivity index (χ0) is 20.4. The molecular weight excluding hydrogens is 376 g/mol. The van der Waals surface area contributed by atoms with Gasteiger partial charge in [0.25, 0.3) is 5.91 Å². The fourth-order valence-corrected chi connectivity index (χ4v) is 3.41. The number of hydrogen-bond acceptors (Lipinski definition) is 5. The van der Waals surface area contributed by atoms with Crippen molar-refractivity contribution in [1.82, 2.24) is 20.9 Å². The SMILES string of the molecule is Cc1ccnc(C(NC(=O)c2cc(CNC3=NCCN3)c(F)cc2F)C2CC2)c1. The van der Waals surface area contributed by atoms with Crippen LogP contribution in [-0.4, -0.2) is 29.9 Å². The van der Waals surface area contributed by atoms with Gasteiger partial charge in [0.1, 0.15) is 11.6 Å². The summed E-state index contributed by atoms with van der Waals surface area (Å²) in [5.41, 5.74) is 1.82. The molecule has 2 heterocycles. The average molecular weight is 399 g/mol. The number of carbonyl (C=O) groups is 1. The Hall–Kier alpha value is -3.03. The number of aryl methyl sites for hydroxylation is 1. The van der Waals surface area contributed by atoms with Crippen molar-refractivity contribution in [2.75, 3.05) is 13.1 Å². The predicted molar refractivity (Wildman–Crippen MR) is 105 cm³/mol. The molecule has 6 nitrogen and oxygen atoms in total. The van der Waals surface area contributed by atoms with Gasteiger partial charge in [-0.1, -0.05) is 0 Å². The fraction of sp³-hybridized carbons (Fsp3) is 0.381. The topological polar surface area (TPSA) is 78.4 Å². The third-order valence-corrected chi connectivity index (χ3v) is 5.14. The minimum absolute atomic E-state index is 0.101. The molecule has 152 valence electrons. The van der Waals surface area contributed by atoms with Crippen molar-refractivity contribution < 1.29 is 13.6 Å². The number of hydrogen-bond donors (Lipinski definition) is 3. The lowest BCUT2D eigenvalue weighted by Crippen LogP contribution is -2.34. The van der Waals surface area contributed by atoms with E-state index in [9.17, 15) is 13.6 Å². The predicted octanol–water partition coefficient (Wildman–Crippen LogP) is 2.60. The van der Waals surface area contributed by atoms with Crippen LogP contribution in [-0.2, 0) is 6.54 Å². The van der Waals surface area contributed by atoms with Gasteiger partial charge in [-0.25, -0.2) is 8.78 Å². The van der Waals surface area contributed by atoms with Gasteiger partial charge < -0.3 is 16.0 Å². The second-order valence-corrected chi connectivity index (χ2v) is 7.48. The van der Waals surface area contributed by atoms with E-state index >= 15 is 0 Å². The van der Waals surface area contributed by atoms with E-state index < -0.39 is 17.5 Å². The van der Waals surface area contributed by atoms with E-state index in [2.05, 4.69) is 25.9 Å². The molecule has 1 aliphatic heterocycles. The van der Waals surface area contributed by atoms with Crippen LogP contribution in [0, 0.1) is 24.5 Å². The first-order valence-corrected chi connectivity index (χ1v) is 9.75. The maximum Gasteiger partial charge on any atom is 0.254 e. The summed E-state index contributed by atoms with van der Waals surface area (Å²) in [4.78, 5) is 21.4. The highest BCUT2D eigenvalue weighted by Crippen LogP contribution is 2.40. The van der Waals surface area contributed by atoms with Crippen molar-refractivity contribution in [2.45, 2.75) is 32.4 Å². The number of nitrogens with one attached hydrogen (secondary N) is 3. The summed E-state index contributed by atoms with van der Waals surface area (Å²) < 4.78 is 28.6. The molecule has 1 fully saturated rings.